The highest BCUT2D eigenvalue weighted by atomic mass is 16.6. The van der Waals surface area contributed by atoms with Gasteiger partial charge in [0.25, 0.3) is 5.69 Å². The number of nitrogens with zero attached hydrogens (tertiary/aromatic N) is 4. The van der Waals surface area contributed by atoms with Crippen LogP contribution in [0.25, 0.3) is 5.70 Å². The highest BCUT2D eigenvalue weighted by molar-refractivity contribution is 5.97. The molecule has 10 nitrogen and oxygen atoms in total. The fourth-order valence-corrected chi connectivity index (χ4v) is 2.54. The van der Waals surface area contributed by atoms with Crippen LogP contribution in [0.4, 0.5) is 16.3 Å². The molecule has 2 aromatic rings. The maximum atomic E-state index is 12.2. The molecule has 2 heterocycles. The molecule has 0 spiro atoms. The Morgan fingerprint density at radius 1 is 1.36 bits per heavy atom. The van der Waals surface area contributed by atoms with Gasteiger partial charge in [-0.15, -0.1) is 0 Å². The molecule has 1 aromatic heterocycles. The molecule has 0 saturated heterocycles. The highest BCUT2D eigenvalue weighted by Gasteiger charge is 2.25. The van der Waals surface area contributed by atoms with Crippen LogP contribution in [-0.2, 0) is 4.79 Å². The van der Waals surface area contributed by atoms with E-state index in [2.05, 4.69) is 5.10 Å². The molecule has 0 atom stereocenters. The average Bonchev–Trinajstić information content (AvgIpc) is 3.08. The van der Waals surface area contributed by atoms with Crippen molar-refractivity contribution in [2.75, 3.05) is 18.0 Å². The summed E-state index contributed by atoms with van der Waals surface area (Å²) in [4.78, 5) is 34.6. The summed E-state index contributed by atoms with van der Waals surface area (Å²) in [6, 6.07) is 7.73. The first-order chi connectivity index (χ1) is 12.0. The summed E-state index contributed by atoms with van der Waals surface area (Å²) in [5.74, 6) is 0.0275. The number of hydrogen-bond acceptors (Lipinski definition) is 5. The van der Waals surface area contributed by atoms with Crippen molar-refractivity contribution in [3.05, 3.63) is 58.3 Å². The summed E-state index contributed by atoms with van der Waals surface area (Å²) in [7, 11) is 0. The van der Waals surface area contributed by atoms with Crippen LogP contribution >= 0.6 is 0 Å². The van der Waals surface area contributed by atoms with Crippen LogP contribution in [0.2, 0.25) is 0 Å². The fraction of sp³-hybridized carbons (Fsp3) is 0.133. The number of nitro groups is 1. The number of carboxylic acid groups (broad SMARTS) is 1. The van der Waals surface area contributed by atoms with E-state index in [1.165, 1.54) is 27.9 Å². The minimum absolute atomic E-state index is 0.0451. The Morgan fingerprint density at radius 3 is 2.88 bits per heavy atom. The van der Waals surface area contributed by atoms with Crippen LogP contribution in [0.5, 0.6) is 0 Å². The zero-order valence-corrected chi connectivity index (χ0v) is 12.8. The Balaban J connectivity index is 1.91. The van der Waals surface area contributed by atoms with Crippen molar-refractivity contribution < 1.29 is 19.6 Å². The minimum Gasteiger partial charge on any atom is -0.465 e. The molecule has 25 heavy (non-hydrogen) atoms. The van der Waals surface area contributed by atoms with Crippen molar-refractivity contribution in [1.29, 1.82) is 0 Å². The number of hydrogen-bond donors (Lipinski definition) is 2. The van der Waals surface area contributed by atoms with Gasteiger partial charge in [-0.2, -0.15) is 5.10 Å². The van der Waals surface area contributed by atoms with Crippen LogP contribution in [0.3, 0.4) is 0 Å². The Kier molecular flexibility index (Phi) is 4.16. The second kappa shape index (κ2) is 6.43. The largest absolute Gasteiger partial charge is 0.465 e. The third kappa shape index (κ3) is 3.17. The summed E-state index contributed by atoms with van der Waals surface area (Å²) >= 11 is 0. The van der Waals surface area contributed by atoms with E-state index >= 15 is 0 Å². The van der Waals surface area contributed by atoms with Crippen LogP contribution in [0, 0.1) is 10.1 Å². The van der Waals surface area contributed by atoms with Gasteiger partial charge in [-0.05, 0) is 6.08 Å². The summed E-state index contributed by atoms with van der Waals surface area (Å²) in [6.45, 7) is -0.162. The molecule has 10 heteroatoms. The average molecular weight is 343 g/mol. The predicted octanol–water partition coefficient (Wildman–Crippen LogP) is 1.29. The molecule has 3 rings (SSSR count). The van der Waals surface area contributed by atoms with Gasteiger partial charge in [-0.1, -0.05) is 12.1 Å². The van der Waals surface area contributed by atoms with Gasteiger partial charge in [0, 0.05) is 30.3 Å². The van der Waals surface area contributed by atoms with E-state index in [9.17, 15) is 19.7 Å². The Hall–Kier alpha value is -3.69. The molecule has 1 aliphatic rings. The van der Waals surface area contributed by atoms with Gasteiger partial charge in [0.15, 0.2) is 0 Å². The topological polar surface area (TPSA) is 131 Å². The lowest BCUT2D eigenvalue weighted by Crippen LogP contribution is -2.42. The Morgan fingerprint density at radius 2 is 2.16 bits per heavy atom. The number of nitro benzene ring substituents is 1. The van der Waals surface area contributed by atoms with Crippen molar-refractivity contribution in [3.8, 4) is 0 Å². The summed E-state index contributed by atoms with van der Waals surface area (Å²) in [6.07, 6.45) is 1.92. The Bertz CT molecular complexity index is 888. The molecule has 0 radical (unpaired) electrons. The van der Waals surface area contributed by atoms with Gasteiger partial charge < -0.3 is 10.4 Å². The summed E-state index contributed by atoms with van der Waals surface area (Å²) < 4.78 is 1.49. The first kappa shape index (κ1) is 16.2. The lowest BCUT2D eigenvalue weighted by molar-refractivity contribution is -0.384. The van der Waals surface area contributed by atoms with Crippen molar-refractivity contribution in [2.24, 2.45) is 0 Å². The quantitative estimate of drug-likeness (QED) is 0.635. The van der Waals surface area contributed by atoms with Gasteiger partial charge in [0.05, 0.1) is 16.8 Å². The molecule has 2 amide bonds. The number of fused-ring (bicyclic) bond motifs is 1. The zero-order chi connectivity index (χ0) is 18.0. The lowest BCUT2D eigenvalue weighted by Gasteiger charge is -2.27. The number of non-ortho nitro benzene ring substituents is 1. The van der Waals surface area contributed by atoms with Crippen LogP contribution in [0.15, 0.2) is 42.6 Å². The molecule has 128 valence electrons. The molecule has 0 bridgehead atoms. The van der Waals surface area contributed by atoms with Crippen LogP contribution in [-0.4, -0.2) is 44.9 Å². The van der Waals surface area contributed by atoms with E-state index in [1.54, 1.807) is 24.3 Å². The van der Waals surface area contributed by atoms with Crippen molar-refractivity contribution >= 4 is 29.2 Å². The van der Waals surface area contributed by atoms with E-state index in [1.807, 2.05) is 5.32 Å². The standard InChI is InChI=1S/C15H13N5O5/c21-14(9-16-15(22)23)18-7-5-12(19-13(18)4-6-17-19)10-2-1-3-11(8-10)20(24)25/h1-6,8,16H,7,9H2,(H,22,23). The van der Waals surface area contributed by atoms with Gasteiger partial charge in [0.1, 0.15) is 12.4 Å². The fourth-order valence-electron chi connectivity index (χ4n) is 2.54. The summed E-state index contributed by atoms with van der Waals surface area (Å²) in [5, 5.41) is 25.8. The molecule has 2 N–H and O–H groups in total. The van der Waals surface area contributed by atoms with E-state index in [-0.39, 0.29) is 18.8 Å². The Labute approximate surface area is 141 Å². The molecule has 0 unspecified atom stereocenters. The molecular weight excluding hydrogens is 330 g/mol. The normalized spacial score (nSPS) is 13.0. The van der Waals surface area contributed by atoms with Crippen LogP contribution < -0.4 is 10.2 Å². The number of rotatable bonds is 4. The first-order valence-corrected chi connectivity index (χ1v) is 7.24. The number of amides is 2. The second-order valence-corrected chi connectivity index (χ2v) is 5.16. The second-order valence-electron chi connectivity index (χ2n) is 5.16. The van der Waals surface area contributed by atoms with Gasteiger partial charge in [-0.25, -0.2) is 9.48 Å². The summed E-state index contributed by atoms with van der Waals surface area (Å²) in [5.41, 5.74) is 1.16. The van der Waals surface area contributed by atoms with Crippen LogP contribution in [0.1, 0.15) is 5.56 Å². The third-order valence-electron chi connectivity index (χ3n) is 3.64. The molecule has 0 saturated carbocycles. The predicted molar refractivity (Wildman–Crippen MR) is 87.1 cm³/mol. The van der Waals surface area contributed by atoms with E-state index in [0.29, 0.717) is 17.1 Å². The van der Waals surface area contributed by atoms with Gasteiger partial charge >= 0.3 is 6.09 Å². The number of anilines is 1. The SMILES string of the molecule is O=C(O)NCC(=O)N1CC=C(c2cccc([N+](=O)[O-])c2)n2nccc21. The van der Waals surface area contributed by atoms with Crippen molar-refractivity contribution in [1.82, 2.24) is 15.1 Å². The zero-order valence-electron chi connectivity index (χ0n) is 12.8. The number of benzene rings is 1. The first-order valence-electron chi connectivity index (χ1n) is 7.24. The minimum atomic E-state index is -1.29. The smallest absolute Gasteiger partial charge is 0.405 e. The number of aromatic nitrogens is 2. The van der Waals surface area contributed by atoms with Crippen molar-refractivity contribution in [3.63, 3.8) is 0 Å². The molecule has 1 aliphatic heterocycles. The van der Waals surface area contributed by atoms with Gasteiger partial charge in [-0.3, -0.25) is 19.8 Å². The van der Waals surface area contributed by atoms with E-state index in [4.69, 9.17) is 5.11 Å². The maximum Gasteiger partial charge on any atom is 0.405 e. The number of nitrogens with one attached hydrogen (secondary N) is 1. The van der Waals surface area contributed by atoms with E-state index in [0.717, 1.165) is 0 Å². The van der Waals surface area contributed by atoms with Crippen molar-refractivity contribution in [2.45, 2.75) is 0 Å². The maximum absolute atomic E-state index is 12.2. The van der Waals surface area contributed by atoms with E-state index < -0.39 is 16.9 Å². The third-order valence-corrected chi connectivity index (χ3v) is 3.64. The highest BCUT2D eigenvalue weighted by Crippen LogP contribution is 2.29. The number of carbonyl (C=O) groups excluding carboxylic acids is 1. The molecule has 0 fully saturated rings. The molecular formula is C15H13N5O5. The lowest BCUT2D eigenvalue weighted by atomic mass is 10.1. The van der Waals surface area contributed by atoms with Gasteiger partial charge in [0.2, 0.25) is 5.91 Å². The molecule has 0 aliphatic carbocycles. The monoisotopic (exact) mass is 343 g/mol. The molecule has 1 aromatic carbocycles. The number of carbonyl (C=O) groups is 2.